The van der Waals surface area contributed by atoms with Gasteiger partial charge in [-0.25, -0.2) is 0 Å². The molecule has 0 fully saturated rings. The summed E-state index contributed by atoms with van der Waals surface area (Å²) in [6, 6.07) is 1.67. The fourth-order valence-corrected chi connectivity index (χ4v) is 1.18. The highest BCUT2D eigenvalue weighted by Crippen LogP contribution is 2.18. The summed E-state index contributed by atoms with van der Waals surface area (Å²) in [4.78, 5) is 8.35. The predicted molar refractivity (Wildman–Crippen MR) is 41.3 cm³/mol. The molecule has 0 spiro atoms. The van der Waals surface area contributed by atoms with Crippen molar-refractivity contribution in [2.75, 3.05) is 6.54 Å². The zero-order valence-electron chi connectivity index (χ0n) is 6.55. The van der Waals surface area contributed by atoms with Gasteiger partial charge in [-0.3, -0.25) is 4.98 Å². The van der Waals surface area contributed by atoms with E-state index < -0.39 is 6.29 Å². The second-order valence-corrected chi connectivity index (χ2v) is 3.00. The minimum atomic E-state index is -1.13. The van der Waals surface area contributed by atoms with Crippen LogP contribution >= 0.6 is 11.6 Å². The van der Waals surface area contributed by atoms with Gasteiger partial charge in [-0.2, -0.15) is 0 Å². The highest BCUT2D eigenvalue weighted by molar-refractivity contribution is 6.30. The normalized spacial score (nSPS) is 21.1. The van der Waals surface area contributed by atoms with Gasteiger partial charge in [-0.15, -0.1) is 0 Å². The third kappa shape index (κ3) is 1.76. The Morgan fingerprint density at radius 2 is 2.46 bits per heavy atom. The molecular weight excluding hydrogens is 194 g/mol. The Balaban J connectivity index is 2.26. The SMILES string of the molecule is [O-]C1C[N+](c2cncc(Cl)c2)=NO1. The van der Waals surface area contributed by atoms with Gasteiger partial charge in [0.05, 0.1) is 5.02 Å². The van der Waals surface area contributed by atoms with Crippen molar-refractivity contribution in [1.29, 1.82) is 0 Å². The van der Waals surface area contributed by atoms with Gasteiger partial charge < -0.3 is 9.94 Å². The van der Waals surface area contributed by atoms with E-state index in [9.17, 15) is 5.11 Å². The topological polar surface area (TPSA) is 60.5 Å². The van der Waals surface area contributed by atoms with E-state index in [0.29, 0.717) is 10.7 Å². The fourth-order valence-electron chi connectivity index (χ4n) is 1.01. The van der Waals surface area contributed by atoms with Gasteiger partial charge >= 0.3 is 0 Å². The van der Waals surface area contributed by atoms with Crippen molar-refractivity contribution in [3.63, 3.8) is 0 Å². The standard InChI is InChI=1S/C7H6ClN3O2/c8-5-1-6(3-9-2-5)11-4-7(12)13-10-11/h1-3,7H,4H2. The Hall–Kier alpha value is -1.20. The average Bonchev–Trinajstić information content (AvgIpc) is 2.52. The molecule has 68 valence electrons. The number of rotatable bonds is 1. The van der Waals surface area contributed by atoms with Crippen molar-refractivity contribution in [2.24, 2.45) is 5.28 Å². The smallest absolute Gasteiger partial charge is 0.255 e. The van der Waals surface area contributed by atoms with E-state index >= 15 is 0 Å². The van der Waals surface area contributed by atoms with Crippen LogP contribution in [-0.4, -0.2) is 22.5 Å². The lowest BCUT2D eigenvalue weighted by Crippen LogP contribution is -2.29. The number of nitrogens with zero attached hydrogens (tertiary/aromatic N) is 3. The van der Waals surface area contributed by atoms with E-state index in [4.69, 9.17) is 11.6 Å². The summed E-state index contributed by atoms with van der Waals surface area (Å²) in [6.07, 6.45) is 1.95. The Morgan fingerprint density at radius 3 is 3.08 bits per heavy atom. The Labute approximate surface area is 79.2 Å². The molecule has 0 saturated carbocycles. The molecular formula is C7H6ClN3O2. The Bertz CT molecular complexity index is 355. The maximum absolute atomic E-state index is 10.8. The largest absolute Gasteiger partial charge is 0.814 e. The number of halogens is 1. The number of hydrogen-bond acceptors (Lipinski definition) is 4. The molecule has 5 nitrogen and oxygen atoms in total. The lowest BCUT2D eigenvalue weighted by Gasteiger charge is -2.03. The molecule has 0 radical (unpaired) electrons. The summed E-state index contributed by atoms with van der Waals surface area (Å²) in [5, 5.41) is 14.8. The minimum Gasteiger partial charge on any atom is -0.814 e. The van der Waals surface area contributed by atoms with E-state index in [1.165, 1.54) is 10.9 Å². The molecule has 6 heteroatoms. The van der Waals surface area contributed by atoms with Crippen LogP contribution in [0, 0.1) is 0 Å². The van der Waals surface area contributed by atoms with E-state index in [2.05, 4.69) is 15.1 Å². The molecule has 0 aromatic carbocycles. The highest BCUT2D eigenvalue weighted by atomic mass is 35.5. The lowest BCUT2D eigenvalue weighted by atomic mass is 10.4. The second-order valence-electron chi connectivity index (χ2n) is 2.56. The molecule has 1 aliphatic rings. The van der Waals surface area contributed by atoms with Crippen LogP contribution < -0.4 is 5.11 Å². The molecule has 13 heavy (non-hydrogen) atoms. The molecule has 2 heterocycles. The van der Waals surface area contributed by atoms with Crippen molar-refractivity contribution < 1.29 is 14.6 Å². The monoisotopic (exact) mass is 199 g/mol. The molecule has 1 unspecified atom stereocenters. The van der Waals surface area contributed by atoms with Gasteiger partial charge in [0, 0.05) is 12.3 Å². The van der Waals surface area contributed by atoms with E-state index in [1.54, 1.807) is 12.3 Å². The number of hydrogen-bond donors (Lipinski definition) is 0. The minimum absolute atomic E-state index is 0.183. The molecule has 0 saturated heterocycles. The van der Waals surface area contributed by atoms with Crippen molar-refractivity contribution in [2.45, 2.75) is 6.29 Å². The number of aromatic nitrogens is 1. The average molecular weight is 200 g/mol. The molecule has 0 aliphatic carbocycles. The predicted octanol–water partition coefficient (Wildman–Crippen LogP) is 0.463. The fraction of sp³-hybridized carbons (Fsp3) is 0.286. The van der Waals surface area contributed by atoms with Crippen molar-refractivity contribution in [3.05, 3.63) is 23.5 Å². The van der Waals surface area contributed by atoms with Crippen LogP contribution in [0.4, 0.5) is 5.69 Å². The van der Waals surface area contributed by atoms with Crippen LogP contribution in [0.5, 0.6) is 0 Å². The van der Waals surface area contributed by atoms with Gasteiger partial charge in [0.15, 0.2) is 5.28 Å². The zero-order chi connectivity index (χ0) is 9.26. The van der Waals surface area contributed by atoms with Crippen molar-refractivity contribution in [1.82, 2.24) is 4.98 Å². The first-order valence-electron chi connectivity index (χ1n) is 3.66. The lowest BCUT2D eigenvalue weighted by molar-refractivity contribution is -0.536. The quantitative estimate of drug-likeness (QED) is 0.618. The van der Waals surface area contributed by atoms with E-state index in [-0.39, 0.29) is 6.54 Å². The third-order valence-electron chi connectivity index (χ3n) is 1.57. The van der Waals surface area contributed by atoms with Gasteiger partial charge in [0.1, 0.15) is 12.5 Å². The van der Waals surface area contributed by atoms with Crippen LogP contribution in [-0.2, 0) is 4.84 Å². The van der Waals surface area contributed by atoms with Gasteiger partial charge in [0.25, 0.3) is 5.69 Å². The molecule has 0 bridgehead atoms. The first-order valence-corrected chi connectivity index (χ1v) is 4.04. The maximum atomic E-state index is 10.8. The van der Waals surface area contributed by atoms with E-state index in [1.807, 2.05) is 0 Å². The molecule has 1 aromatic rings. The van der Waals surface area contributed by atoms with Gasteiger partial charge in [0.2, 0.25) is 6.54 Å². The Kier molecular flexibility index (Phi) is 2.12. The van der Waals surface area contributed by atoms with Crippen molar-refractivity contribution in [3.8, 4) is 0 Å². The highest BCUT2D eigenvalue weighted by Gasteiger charge is 2.21. The molecule has 0 amide bonds. The maximum Gasteiger partial charge on any atom is 0.255 e. The Morgan fingerprint density at radius 1 is 1.62 bits per heavy atom. The summed E-state index contributed by atoms with van der Waals surface area (Å²) >= 11 is 5.71. The summed E-state index contributed by atoms with van der Waals surface area (Å²) in [6.45, 7) is 0.183. The summed E-state index contributed by atoms with van der Waals surface area (Å²) in [7, 11) is 0. The number of pyridine rings is 1. The summed E-state index contributed by atoms with van der Waals surface area (Å²) < 4.78 is 1.43. The van der Waals surface area contributed by atoms with Crippen LogP contribution in [0.1, 0.15) is 0 Å². The van der Waals surface area contributed by atoms with Crippen molar-refractivity contribution >= 4 is 17.3 Å². The molecule has 1 atom stereocenters. The summed E-state index contributed by atoms with van der Waals surface area (Å²) in [5.41, 5.74) is 0.658. The van der Waals surface area contributed by atoms with Crippen LogP contribution in [0.2, 0.25) is 5.02 Å². The van der Waals surface area contributed by atoms with Crippen LogP contribution in [0.25, 0.3) is 0 Å². The van der Waals surface area contributed by atoms with E-state index in [0.717, 1.165) is 0 Å². The molecule has 2 rings (SSSR count). The summed E-state index contributed by atoms with van der Waals surface area (Å²) in [5.74, 6) is 0. The first kappa shape index (κ1) is 8.40. The second kappa shape index (κ2) is 3.27. The first-order chi connectivity index (χ1) is 6.25. The van der Waals surface area contributed by atoms with Gasteiger partial charge in [-0.05, 0) is 4.70 Å². The molecule has 0 N–H and O–H groups in total. The van der Waals surface area contributed by atoms with Gasteiger partial charge in [-0.1, -0.05) is 11.6 Å². The molecule has 1 aliphatic heterocycles. The zero-order valence-corrected chi connectivity index (χ0v) is 7.31. The third-order valence-corrected chi connectivity index (χ3v) is 1.78. The van der Waals surface area contributed by atoms with Crippen LogP contribution in [0.3, 0.4) is 0 Å². The molecule has 1 aromatic heterocycles. The van der Waals surface area contributed by atoms with Crippen LogP contribution in [0.15, 0.2) is 23.7 Å².